The molecular weight excluding hydrogens is 220 g/mol. The molecule has 6 heteroatoms. The van der Waals surface area contributed by atoms with Crippen LogP contribution in [0, 0.1) is 4.91 Å². The number of amides is 1. The summed E-state index contributed by atoms with van der Waals surface area (Å²) in [7, 11) is 1.77. The first kappa shape index (κ1) is 11.8. The van der Waals surface area contributed by atoms with Crippen LogP contribution >= 0.6 is 0 Å². The van der Waals surface area contributed by atoms with Crippen molar-refractivity contribution in [3.63, 3.8) is 0 Å². The third-order valence-corrected chi connectivity index (χ3v) is 2.93. The predicted octanol–water partition coefficient (Wildman–Crippen LogP) is 2.10. The van der Waals surface area contributed by atoms with E-state index >= 15 is 0 Å². The van der Waals surface area contributed by atoms with Crippen molar-refractivity contribution >= 4 is 11.7 Å². The van der Waals surface area contributed by atoms with Gasteiger partial charge in [0.25, 0.3) is 5.91 Å². The quantitative estimate of drug-likeness (QED) is 0.752. The van der Waals surface area contributed by atoms with Crippen molar-refractivity contribution in [2.75, 3.05) is 7.05 Å². The lowest BCUT2D eigenvalue weighted by Crippen LogP contribution is -2.29. The topological polar surface area (TPSA) is 67.6 Å². The summed E-state index contributed by atoms with van der Waals surface area (Å²) in [5.41, 5.74) is 0.294. The summed E-state index contributed by atoms with van der Waals surface area (Å²) in [5.74, 6) is 0.0596. The van der Waals surface area contributed by atoms with Crippen molar-refractivity contribution in [2.45, 2.75) is 38.8 Å². The largest absolute Gasteiger partial charge is 0.337 e. The highest BCUT2D eigenvalue weighted by atomic mass is 16.3. The number of aromatic nitrogens is 2. The van der Waals surface area contributed by atoms with E-state index in [0.717, 1.165) is 12.8 Å². The minimum atomic E-state index is -0.142. The van der Waals surface area contributed by atoms with Crippen LogP contribution in [0.2, 0.25) is 0 Å². The number of carbonyl (C=O) groups is 1. The van der Waals surface area contributed by atoms with Crippen LogP contribution < -0.4 is 0 Å². The van der Waals surface area contributed by atoms with Gasteiger partial charge < -0.3 is 4.90 Å². The standard InChI is InChI=1S/C11H16N4O2/c1-7(2)15-10(13-17)6-9(12-15)11(16)14(3)8-4-5-8/h6-8H,4-5H2,1-3H3. The number of nitrogens with zero attached hydrogens (tertiary/aromatic N) is 4. The fourth-order valence-electron chi connectivity index (χ4n) is 1.75. The van der Waals surface area contributed by atoms with Gasteiger partial charge in [-0.15, -0.1) is 4.91 Å². The third-order valence-electron chi connectivity index (χ3n) is 2.93. The van der Waals surface area contributed by atoms with Crippen molar-refractivity contribution in [3.05, 3.63) is 16.7 Å². The van der Waals surface area contributed by atoms with Gasteiger partial charge >= 0.3 is 0 Å². The molecule has 0 aromatic carbocycles. The van der Waals surface area contributed by atoms with E-state index < -0.39 is 0 Å². The first-order valence-electron chi connectivity index (χ1n) is 5.74. The van der Waals surface area contributed by atoms with E-state index in [2.05, 4.69) is 10.3 Å². The van der Waals surface area contributed by atoms with E-state index in [1.54, 1.807) is 11.9 Å². The lowest BCUT2D eigenvalue weighted by atomic mass is 10.3. The van der Waals surface area contributed by atoms with Gasteiger partial charge in [-0.05, 0) is 31.9 Å². The molecule has 1 heterocycles. The lowest BCUT2D eigenvalue weighted by Gasteiger charge is -2.14. The molecule has 1 aliphatic carbocycles. The number of hydrogen-bond acceptors (Lipinski definition) is 4. The van der Waals surface area contributed by atoms with E-state index in [-0.39, 0.29) is 17.8 Å². The molecule has 92 valence electrons. The van der Waals surface area contributed by atoms with Gasteiger partial charge in [-0.2, -0.15) is 5.10 Å². The SMILES string of the molecule is CC(C)n1nc(C(=O)N(C)C2CC2)cc1N=O. The van der Waals surface area contributed by atoms with Crippen molar-refractivity contribution in [1.82, 2.24) is 14.7 Å². The molecule has 0 spiro atoms. The predicted molar refractivity (Wildman–Crippen MR) is 63.2 cm³/mol. The summed E-state index contributed by atoms with van der Waals surface area (Å²) in [6, 6.07) is 1.80. The van der Waals surface area contributed by atoms with E-state index in [4.69, 9.17) is 0 Å². The Bertz CT molecular complexity index is 448. The number of nitroso groups, excluding NO2 is 1. The Morgan fingerprint density at radius 3 is 2.65 bits per heavy atom. The zero-order valence-electron chi connectivity index (χ0n) is 10.3. The summed E-state index contributed by atoms with van der Waals surface area (Å²) in [6.07, 6.45) is 2.10. The van der Waals surface area contributed by atoms with Gasteiger partial charge in [-0.25, -0.2) is 4.68 Å². The van der Waals surface area contributed by atoms with Gasteiger partial charge in [0.15, 0.2) is 11.5 Å². The Labute approximate surface area is 99.6 Å². The maximum absolute atomic E-state index is 12.0. The number of rotatable bonds is 4. The van der Waals surface area contributed by atoms with Crippen molar-refractivity contribution in [2.24, 2.45) is 5.18 Å². The number of carbonyl (C=O) groups excluding carboxylic acids is 1. The van der Waals surface area contributed by atoms with Gasteiger partial charge in [0.05, 0.1) is 0 Å². The normalized spacial score (nSPS) is 15.1. The molecule has 1 fully saturated rings. The second kappa shape index (κ2) is 4.27. The van der Waals surface area contributed by atoms with Crippen LogP contribution in [0.25, 0.3) is 0 Å². The molecule has 6 nitrogen and oxygen atoms in total. The molecule has 0 unspecified atom stereocenters. The molecule has 17 heavy (non-hydrogen) atoms. The molecule has 1 aromatic rings. The Hall–Kier alpha value is -1.72. The van der Waals surface area contributed by atoms with E-state index in [1.165, 1.54) is 10.7 Å². The molecule has 0 bridgehead atoms. The van der Waals surface area contributed by atoms with E-state index in [1.807, 2.05) is 13.8 Å². The molecule has 0 aliphatic heterocycles. The van der Waals surface area contributed by atoms with Gasteiger partial charge in [0, 0.05) is 25.2 Å². The fraction of sp³-hybridized carbons (Fsp3) is 0.636. The zero-order valence-corrected chi connectivity index (χ0v) is 10.3. The minimum absolute atomic E-state index is 0.00970. The summed E-state index contributed by atoms with van der Waals surface area (Å²) in [4.78, 5) is 24.4. The van der Waals surface area contributed by atoms with Crippen molar-refractivity contribution < 1.29 is 4.79 Å². The maximum Gasteiger partial charge on any atom is 0.274 e. The van der Waals surface area contributed by atoms with Crippen molar-refractivity contribution in [1.29, 1.82) is 0 Å². The summed E-state index contributed by atoms with van der Waals surface area (Å²) in [5, 5.41) is 7.04. The van der Waals surface area contributed by atoms with Crippen LogP contribution in [0.15, 0.2) is 11.2 Å². The van der Waals surface area contributed by atoms with Gasteiger partial charge in [0.2, 0.25) is 0 Å². The summed E-state index contributed by atoms with van der Waals surface area (Å²) in [6.45, 7) is 3.78. The summed E-state index contributed by atoms with van der Waals surface area (Å²) >= 11 is 0. The Kier molecular flexibility index (Phi) is 2.95. The number of hydrogen-bond donors (Lipinski definition) is 0. The van der Waals surface area contributed by atoms with E-state index in [9.17, 15) is 9.70 Å². The second-order valence-corrected chi connectivity index (χ2v) is 4.66. The van der Waals surface area contributed by atoms with Gasteiger partial charge in [-0.3, -0.25) is 4.79 Å². The Balaban J connectivity index is 2.26. The smallest absolute Gasteiger partial charge is 0.274 e. The van der Waals surface area contributed by atoms with Crippen LogP contribution in [-0.2, 0) is 0 Å². The molecule has 1 aromatic heterocycles. The zero-order chi connectivity index (χ0) is 12.6. The van der Waals surface area contributed by atoms with Crippen LogP contribution in [0.5, 0.6) is 0 Å². The van der Waals surface area contributed by atoms with Crippen LogP contribution in [0.1, 0.15) is 43.2 Å². The molecule has 1 amide bonds. The minimum Gasteiger partial charge on any atom is -0.337 e. The average Bonchev–Trinajstić information content (AvgIpc) is 3.05. The van der Waals surface area contributed by atoms with Crippen LogP contribution in [-0.4, -0.2) is 33.7 Å². The van der Waals surface area contributed by atoms with Crippen molar-refractivity contribution in [3.8, 4) is 0 Å². The molecule has 1 aliphatic rings. The maximum atomic E-state index is 12.0. The van der Waals surface area contributed by atoms with Gasteiger partial charge in [0.1, 0.15) is 0 Å². The van der Waals surface area contributed by atoms with Crippen LogP contribution in [0.4, 0.5) is 5.82 Å². The van der Waals surface area contributed by atoms with Gasteiger partial charge in [-0.1, -0.05) is 0 Å². The monoisotopic (exact) mass is 236 g/mol. The molecule has 2 rings (SSSR count). The lowest BCUT2D eigenvalue weighted by molar-refractivity contribution is 0.0778. The molecular formula is C11H16N4O2. The summed E-state index contributed by atoms with van der Waals surface area (Å²) < 4.78 is 1.47. The van der Waals surface area contributed by atoms with Crippen LogP contribution in [0.3, 0.4) is 0 Å². The Morgan fingerprint density at radius 2 is 2.24 bits per heavy atom. The first-order chi connectivity index (χ1) is 8.04. The first-order valence-corrected chi connectivity index (χ1v) is 5.74. The molecule has 0 atom stereocenters. The third kappa shape index (κ3) is 2.20. The average molecular weight is 236 g/mol. The molecule has 0 radical (unpaired) electrons. The molecule has 0 saturated heterocycles. The fourth-order valence-corrected chi connectivity index (χ4v) is 1.75. The molecule has 0 N–H and O–H groups in total. The second-order valence-electron chi connectivity index (χ2n) is 4.66. The molecule has 1 saturated carbocycles. The highest BCUT2D eigenvalue weighted by Gasteiger charge is 2.31. The van der Waals surface area contributed by atoms with E-state index in [0.29, 0.717) is 11.7 Å². The Morgan fingerprint density at radius 1 is 1.59 bits per heavy atom. The highest BCUT2D eigenvalue weighted by molar-refractivity contribution is 5.93. The highest BCUT2D eigenvalue weighted by Crippen LogP contribution is 2.27.